The van der Waals surface area contributed by atoms with Gasteiger partial charge < -0.3 is 14.2 Å². The van der Waals surface area contributed by atoms with Crippen molar-refractivity contribution in [3.8, 4) is 11.8 Å². The largest absolute Gasteiger partial charge is 0.468 e. The summed E-state index contributed by atoms with van der Waals surface area (Å²) in [5, 5.41) is 0. The lowest BCUT2D eigenvalue weighted by atomic mass is 9.81. The average Bonchev–Trinajstić information content (AvgIpc) is 2.63. The number of rotatable bonds is 7. The van der Waals surface area contributed by atoms with Gasteiger partial charge in [-0.3, -0.25) is 9.59 Å². The molecule has 1 aromatic rings. The third kappa shape index (κ3) is 5.25. The quantitative estimate of drug-likeness (QED) is 0.332. The van der Waals surface area contributed by atoms with Crippen LogP contribution in [-0.2, 0) is 23.8 Å². The zero-order valence-electron chi connectivity index (χ0n) is 14.2. The van der Waals surface area contributed by atoms with Crippen molar-refractivity contribution < 1.29 is 23.8 Å². The van der Waals surface area contributed by atoms with Crippen molar-refractivity contribution in [3.63, 3.8) is 0 Å². The van der Waals surface area contributed by atoms with Gasteiger partial charge in [-0.25, -0.2) is 0 Å². The molecule has 0 N–H and O–H groups in total. The molecule has 1 aromatic carbocycles. The van der Waals surface area contributed by atoms with Crippen molar-refractivity contribution in [3.05, 3.63) is 48.0 Å². The van der Waals surface area contributed by atoms with E-state index in [1.807, 2.05) is 30.3 Å². The molecule has 0 amide bonds. The lowest BCUT2D eigenvalue weighted by Crippen LogP contribution is -2.40. The van der Waals surface area contributed by atoms with Crippen LogP contribution >= 0.6 is 0 Å². The molecule has 1 rings (SSSR count). The molecule has 0 fully saturated rings. The number of hydrogen-bond acceptors (Lipinski definition) is 5. The van der Waals surface area contributed by atoms with Gasteiger partial charge in [-0.15, -0.1) is 0 Å². The van der Waals surface area contributed by atoms with Crippen LogP contribution in [0.5, 0.6) is 0 Å². The van der Waals surface area contributed by atoms with E-state index in [0.29, 0.717) is 6.61 Å². The molecule has 0 bridgehead atoms. The molecule has 128 valence electrons. The topological polar surface area (TPSA) is 61.8 Å². The third-order valence-corrected chi connectivity index (χ3v) is 3.44. The maximum absolute atomic E-state index is 12.3. The second-order valence-corrected chi connectivity index (χ2v) is 5.04. The Bertz CT molecular complexity index is 606. The number of esters is 2. The molecule has 5 heteroatoms. The summed E-state index contributed by atoms with van der Waals surface area (Å²) in [5.74, 6) is 4.51. The summed E-state index contributed by atoms with van der Waals surface area (Å²) in [6, 6.07) is 9.32. The summed E-state index contributed by atoms with van der Waals surface area (Å²) >= 11 is 0. The van der Waals surface area contributed by atoms with Crippen LogP contribution in [-0.4, -0.2) is 39.9 Å². The van der Waals surface area contributed by atoms with Crippen molar-refractivity contribution in [1.29, 1.82) is 0 Å². The Labute approximate surface area is 142 Å². The SMILES string of the molecule is COC/C=C\CC(CC#Cc1ccccc1)(C(=O)OC)C(=O)OC. The van der Waals surface area contributed by atoms with Crippen LogP contribution in [0.3, 0.4) is 0 Å². The fourth-order valence-corrected chi connectivity index (χ4v) is 2.12. The van der Waals surface area contributed by atoms with Gasteiger partial charge in [0.15, 0.2) is 5.41 Å². The van der Waals surface area contributed by atoms with E-state index in [1.165, 1.54) is 14.2 Å². The lowest BCUT2D eigenvalue weighted by molar-refractivity contribution is -0.168. The fraction of sp³-hybridized carbons (Fsp3) is 0.368. The molecule has 0 atom stereocenters. The van der Waals surface area contributed by atoms with Crippen LogP contribution in [0.15, 0.2) is 42.5 Å². The molecular weight excluding hydrogens is 308 g/mol. The highest BCUT2D eigenvalue weighted by Crippen LogP contribution is 2.30. The highest BCUT2D eigenvalue weighted by molar-refractivity contribution is 6.00. The number of allylic oxidation sites excluding steroid dienone is 1. The van der Waals surface area contributed by atoms with Crippen molar-refractivity contribution in [2.24, 2.45) is 5.41 Å². The van der Waals surface area contributed by atoms with Crippen LogP contribution in [0, 0.1) is 17.3 Å². The van der Waals surface area contributed by atoms with E-state index >= 15 is 0 Å². The summed E-state index contributed by atoms with van der Waals surface area (Å²) in [6.45, 7) is 0.383. The van der Waals surface area contributed by atoms with Crippen LogP contribution in [0.25, 0.3) is 0 Å². The first-order chi connectivity index (χ1) is 11.6. The van der Waals surface area contributed by atoms with Gasteiger partial charge in [-0.2, -0.15) is 0 Å². The summed E-state index contributed by atoms with van der Waals surface area (Å²) in [7, 11) is 4.04. The van der Waals surface area contributed by atoms with Crippen LogP contribution in [0.4, 0.5) is 0 Å². The van der Waals surface area contributed by atoms with Gasteiger partial charge in [0.25, 0.3) is 0 Å². The summed E-state index contributed by atoms with van der Waals surface area (Å²) in [5.41, 5.74) is -0.689. The van der Waals surface area contributed by atoms with Crippen molar-refractivity contribution in [2.75, 3.05) is 27.9 Å². The molecule has 0 aliphatic carbocycles. The molecule has 0 aliphatic rings. The molecule has 0 aromatic heterocycles. The Kier molecular flexibility index (Phi) is 8.31. The van der Waals surface area contributed by atoms with E-state index in [4.69, 9.17) is 14.2 Å². The standard InChI is InChI=1S/C19H22O5/c1-22-15-8-7-13-19(17(20)23-2,18(21)24-3)14-9-12-16-10-5-4-6-11-16/h4-8,10-11H,13-15H2,1-3H3/b8-7-. The maximum atomic E-state index is 12.3. The average molecular weight is 330 g/mol. The molecule has 0 unspecified atom stereocenters. The number of hydrogen-bond donors (Lipinski definition) is 0. The maximum Gasteiger partial charge on any atom is 0.324 e. The Morgan fingerprint density at radius 3 is 2.21 bits per heavy atom. The van der Waals surface area contributed by atoms with E-state index in [-0.39, 0.29) is 12.8 Å². The second kappa shape index (κ2) is 10.2. The van der Waals surface area contributed by atoms with E-state index in [0.717, 1.165) is 5.56 Å². The van der Waals surface area contributed by atoms with Gasteiger partial charge in [-0.1, -0.05) is 42.2 Å². The molecule has 0 radical (unpaired) electrons. The summed E-state index contributed by atoms with van der Waals surface area (Å²) < 4.78 is 14.6. The van der Waals surface area contributed by atoms with Crippen LogP contribution in [0.2, 0.25) is 0 Å². The normalized spacial score (nSPS) is 10.8. The van der Waals surface area contributed by atoms with Gasteiger partial charge in [0.05, 0.1) is 20.8 Å². The van der Waals surface area contributed by atoms with Crippen molar-refractivity contribution in [1.82, 2.24) is 0 Å². The van der Waals surface area contributed by atoms with Crippen molar-refractivity contribution in [2.45, 2.75) is 12.8 Å². The number of methoxy groups -OCH3 is 3. The Hall–Kier alpha value is -2.58. The number of carbonyl (C=O) groups is 2. The summed E-state index contributed by atoms with van der Waals surface area (Å²) in [6.07, 6.45) is 3.55. The minimum Gasteiger partial charge on any atom is -0.468 e. The molecular formula is C19H22O5. The molecule has 0 aliphatic heterocycles. The van der Waals surface area contributed by atoms with E-state index in [1.54, 1.807) is 19.3 Å². The van der Waals surface area contributed by atoms with Gasteiger partial charge in [0, 0.05) is 19.1 Å². The van der Waals surface area contributed by atoms with E-state index in [9.17, 15) is 9.59 Å². The lowest BCUT2D eigenvalue weighted by Gasteiger charge is -2.24. The first-order valence-electron chi connectivity index (χ1n) is 7.45. The zero-order chi connectivity index (χ0) is 17.8. The monoisotopic (exact) mass is 330 g/mol. The fourth-order valence-electron chi connectivity index (χ4n) is 2.12. The highest BCUT2D eigenvalue weighted by Gasteiger charge is 2.47. The Balaban J connectivity index is 3.07. The number of benzene rings is 1. The highest BCUT2D eigenvalue weighted by atomic mass is 16.5. The third-order valence-electron chi connectivity index (χ3n) is 3.44. The minimum atomic E-state index is -1.49. The van der Waals surface area contributed by atoms with Gasteiger partial charge >= 0.3 is 11.9 Å². The first kappa shape index (κ1) is 19.5. The molecule has 0 saturated heterocycles. The molecule has 0 spiro atoms. The predicted molar refractivity (Wildman–Crippen MR) is 90.0 cm³/mol. The predicted octanol–water partition coefficient (Wildman–Crippen LogP) is 2.35. The van der Waals surface area contributed by atoms with Gasteiger partial charge in [0.1, 0.15) is 0 Å². The van der Waals surface area contributed by atoms with E-state index < -0.39 is 17.4 Å². The second-order valence-electron chi connectivity index (χ2n) is 5.04. The smallest absolute Gasteiger partial charge is 0.324 e. The van der Waals surface area contributed by atoms with Gasteiger partial charge in [0.2, 0.25) is 0 Å². The van der Waals surface area contributed by atoms with Gasteiger partial charge in [-0.05, 0) is 18.6 Å². The number of carbonyl (C=O) groups excluding carboxylic acids is 2. The molecule has 0 saturated carbocycles. The van der Waals surface area contributed by atoms with Crippen LogP contribution < -0.4 is 0 Å². The number of ether oxygens (including phenoxy) is 3. The molecule has 5 nitrogen and oxygen atoms in total. The zero-order valence-corrected chi connectivity index (χ0v) is 14.2. The van der Waals surface area contributed by atoms with E-state index in [2.05, 4.69) is 11.8 Å². The first-order valence-corrected chi connectivity index (χ1v) is 7.45. The summed E-state index contributed by atoms with van der Waals surface area (Å²) in [4.78, 5) is 24.6. The minimum absolute atomic E-state index is 0.00143. The van der Waals surface area contributed by atoms with Crippen LogP contribution in [0.1, 0.15) is 18.4 Å². The molecule has 0 heterocycles. The van der Waals surface area contributed by atoms with Crippen molar-refractivity contribution >= 4 is 11.9 Å². The molecule has 24 heavy (non-hydrogen) atoms. The Morgan fingerprint density at radius 2 is 1.67 bits per heavy atom. The Morgan fingerprint density at radius 1 is 1.04 bits per heavy atom.